The lowest BCUT2D eigenvalue weighted by Gasteiger charge is -2.39. The molecule has 2 aliphatic rings. The Hall–Kier alpha value is -3.01. The first-order chi connectivity index (χ1) is 16.9. The summed E-state index contributed by atoms with van der Waals surface area (Å²) in [6, 6.07) is 17.0. The maximum atomic E-state index is 13.6. The van der Waals surface area contributed by atoms with Crippen molar-refractivity contribution in [2.24, 2.45) is 0 Å². The quantitative estimate of drug-likeness (QED) is 0.550. The number of amides is 2. The summed E-state index contributed by atoms with van der Waals surface area (Å²) in [6.45, 7) is 1.08. The molecular formula is C26H27N3O4S2. The Morgan fingerprint density at radius 2 is 1.69 bits per heavy atom. The van der Waals surface area contributed by atoms with Crippen molar-refractivity contribution in [2.45, 2.75) is 36.1 Å². The van der Waals surface area contributed by atoms with Crippen LogP contribution in [0, 0.1) is 0 Å². The van der Waals surface area contributed by atoms with E-state index in [0.29, 0.717) is 29.9 Å². The zero-order valence-electron chi connectivity index (χ0n) is 19.4. The van der Waals surface area contributed by atoms with E-state index in [-0.39, 0.29) is 16.7 Å². The normalized spacial score (nSPS) is 20.9. The summed E-state index contributed by atoms with van der Waals surface area (Å²) < 4.78 is 27.4. The van der Waals surface area contributed by atoms with Crippen LogP contribution in [0.2, 0.25) is 0 Å². The third kappa shape index (κ3) is 4.39. The highest BCUT2D eigenvalue weighted by molar-refractivity contribution is 7.89. The molecule has 3 heterocycles. The summed E-state index contributed by atoms with van der Waals surface area (Å²) in [5.74, 6) is -0.971. The standard InChI is InChI=1S/C26H27N3O4S2/c1-28-24(22-10-7-17-34-22)23(20-8-3-4-9-21(20)26(28)31)25(30)27-18-11-13-19(14-12-18)35(32,33)29-15-5-2-6-16-29/h3-4,7-14,17,23-24H,2,5-6,15-16H2,1H3,(H,27,30)/t23-,24+/m0/s1. The Morgan fingerprint density at radius 1 is 0.971 bits per heavy atom. The molecule has 9 heteroatoms. The Balaban J connectivity index is 1.43. The first-order valence-electron chi connectivity index (χ1n) is 11.7. The van der Waals surface area contributed by atoms with Gasteiger partial charge in [0.15, 0.2) is 0 Å². The summed E-state index contributed by atoms with van der Waals surface area (Å²) >= 11 is 1.51. The number of hydrogen-bond donors (Lipinski definition) is 1. The molecular weight excluding hydrogens is 482 g/mol. The highest BCUT2D eigenvalue weighted by Crippen LogP contribution is 2.43. The van der Waals surface area contributed by atoms with Crippen molar-refractivity contribution in [1.82, 2.24) is 9.21 Å². The topological polar surface area (TPSA) is 86.8 Å². The summed E-state index contributed by atoms with van der Waals surface area (Å²) in [4.78, 5) is 29.5. The van der Waals surface area contributed by atoms with Gasteiger partial charge in [-0.25, -0.2) is 8.42 Å². The zero-order valence-corrected chi connectivity index (χ0v) is 21.0. The highest BCUT2D eigenvalue weighted by atomic mass is 32.2. The second kappa shape index (κ2) is 9.56. The molecule has 0 spiro atoms. The van der Waals surface area contributed by atoms with E-state index in [9.17, 15) is 18.0 Å². The molecule has 2 atom stereocenters. The maximum Gasteiger partial charge on any atom is 0.254 e. The number of sulfonamides is 1. The molecule has 1 fully saturated rings. The van der Waals surface area contributed by atoms with Gasteiger partial charge < -0.3 is 10.2 Å². The van der Waals surface area contributed by atoms with Gasteiger partial charge in [-0.3, -0.25) is 9.59 Å². The van der Waals surface area contributed by atoms with Gasteiger partial charge in [0.05, 0.1) is 16.9 Å². The van der Waals surface area contributed by atoms with Gasteiger partial charge in [-0.05, 0) is 60.2 Å². The molecule has 0 bridgehead atoms. The van der Waals surface area contributed by atoms with E-state index < -0.39 is 22.0 Å². The number of nitrogens with one attached hydrogen (secondary N) is 1. The third-order valence-electron chi connectivity index (χ3n) is 6.77. The van der Waals surface area contributed by atoms with E-state index in [1.54, 1.807) is 48.3 Å². The van der Waals surface area contributed by atoms with Crippen molar-refractivity contribution in [3.63, 3.8) is 0 Å². The molecule has 0 radical (unpaired) electrons. The van der Waals surface area contributed by atoms with Crippen LogP contribution >= 0.6 is 11.3 Å². The van der Waals surface area contributed by atoms with Crippen LogP contribution in [-0.4, -0.2) is 49.6 Å². The lowest BCUT2D eigenvalue weighted by atomic mass is 9.81. The fourth-order valence-corrected chi connectivity index (χ4v) is 7.38. The molecule has 2 aromatic carbocycles. The van der Waals surface area contributed by atoms with Crippen molar-refractivity contribution >= 4 is 38.9 Å². The van der Waals surface area contributed by atoms with Crippen LogP contribution in [0.1, 0.15) is 52.0 Å². The predicted octanol–water partition coefficient (Wildman–Crippen LogP) is 4.47. The molecule has 0 saturated carbocycles. The Labute approximate surface area is 209 Å². The molecule has 1 N–H and O–H groups in total. The predicted molar refractivity (Wildman–Crippen MR) is 136 cm³/mol. The van der Waals surface area contributed by atoms with E-state index in [2.05, 4.69) is 5.32 Å². The van der Waals surface area contributed by atoms with Gasteiger partial charge in [0, 0.05) is 36.3 Å². The van der Waals surface area contributed by atoms with E-state index in [1.807, 2.05) is 29.6 Å². The number of hydrogen-bond acceptors (Lipinski definition) is 5. The largest absolute Gasteiger partial charge is 0.333 e. The first kappa shape index (κ1) is 23.7. The number of carbonyl (C=O) groups excluding carboxylic acids is 2. The SMILES string of the molecule is CN1C(=O)c2ccccc2[C@H](C(=O)Nc2ccc(S(=O)(=O)N3CCCCC3)cc2)[C@H]1c1cccs1. The van der Waals surface area contributed by atoms with Crippen LogP contribution in [-0.2, 0) is 14.8 Å². The van der Waals surface area contributed by atoms with E-state index in [0.717, 1.165) is 24.1 Å². The van der Waals surface area contributed by atoms with Gasteiger partial charge in [-0.1, -0.05) is 30.7 Å². The Morgan fingerprint density at radius 3 is 2.37 bits per heavy atom. The van der Waals surface area contributed by atoms with Gasteiger partial charge in [0.1, 0.15) is 0 Å². The number of likely N-dealkylation sites (N-methyl/N-ethyl adjacent to an activating group) is 1. The number of anilines is 1. The van der Waals surface area contributed by atoms with E-state index in [4.69, 9.17) is 0 Å². The average molecular weight is 510 g/mol. The summed E-state index contributed by atoms with van der Waals surface area (Å²) in [7, 11) is -1.82. The van der Waals surface area contributed by atoms with Crippen LogP contribution in [0.4, 0.5) is 5.69 Å². The van der Waals surface area contributed by atoms with Gasteiger partial charge >= 0.3 is 0 Å². The molecule has 182 valence electrons. The van der Waals surface area contributed by atoms with Gasteiger partial charge in [0.25, 0.3) is 5.91 Å². The summed E-state index contributed by atoms with van der Waals surface area (Å²) in [5.41, 5.74) is 1.72. The van der Waals surface area contributed by atoms with Crippen molar-refractivity contribution in [3.8, 4) is 0 Å². The highest BCUT2D eigenvalue weighted by Gasteiger charge is 2.43. The minimum Gasteiger partial charge on any atom is -0.333 e. The number of benzene rings is 2. The molecule has 0 unspecified atom stereocenters. The van der Waals surface area contributed by atoms with Gasteiger partial charge in [-0.15, -0.1) is 11.3 Å². The molecule has 2 amide bonds. The summed E-state index contributed by atoms with van der Waals surface area (Å²) in [5, 5.41) is 4.89. The second-order valence-electron chi connectivity index (χ2n) is 8.92. The zero-order chi connectivity index (χ0) is 24.6. The molecule has 7 nitrogen and oxygen atoms in total. The molecule has 35 heavy (non-hydrogen) atoms. The third-order valence-corrected chi connectivity index (χ3v) is 9.63. The number of rotatable bonds is 5. The Kier molecular flexibility index (Phi) is 6.48. The smallest absolute Gasteiger partial charge is 0.254 e. The van der Waals surface area contributed by atoms with Crippen molar-refractivity contribution in [3.05, 3.63) is 82.0 Å². The maximum absolute atomic E-state index is 13.6. The lowest BCUT2D eigenvalue weighted by molar-refractivity contribution is -0.119. The fraction of sp³-hybridized carbons (Fsp3) is 0.308. The van der Waals surface area contributed by atoms with Crippen molar-refractivity contribution < 1.29 is 18.0 Å². The van der Waals surface area contributed by atoms with E-state index in [1.165, 1.54) is 15.6 Å². The van der Waals surface area contributed by atoms with Crippen molar-refractivity contribution in [1.29, 1.82) is 0 Å². The van der Waals surface area contributed by atoms with Gasteiger partial charge in [0.2, 0.25) is 15.9 Å². The number of nitrogens with zero attached hydrogens (tertiary/aromatic N) is 2. The fourth-order valence-electron chi connectivity index (χ4n) is 4.96. The number of piperidine rings is 1. The molecule has 1 saturated heterocycles. The minimum atomic E-state index is -3.54. The summed E-state index contributed by atoms with van der Waals surface area (Å²) in [6.07, 6.45) is 2.80. The lowest BCUT2D eigenvalue weighted by Crippen LogP contribution is -2.43. The minimum absolute atomic E-state index is 0.115. The van der Waals surface area contributed by atoms with Gasteiger partial charge in [-0.2, -0.15) is 4.31 Å². The van der Waals surface area contributed by atoms with Crippen molar-refractivity contribution in [2.75, 3.05) is 25.5 Å². The number of fused-ring (bicyclic) bond motifs is 1. The molecule has 1 aromatic heterocycles. The van der Waals surface area contributed by atoms with Crippen LogP contribution in [0.25, 0.3) is 0 Å². The second-order valence-corrected chi connectivity index (χ2v) is 11.8. The molecule has 0 aliphatic carbocycles. The van der Waals surface area contributed by atoms with Crippen LogP contribution in [0.5, 0.6) is 0 Å². The Bertz CT molecular complexity index is 1330. The molecule has 3 aromatic rings. The average Bonchev–Trinajstić information content (AvgIpc) is 3.41. The van der Waals surface area contributed by atoms with Crippen LogP contribution < -0.4 is 5.32 Å². The number of carbonyl (C=O) groups is 2. The van der Waals surface area contributed by atoms with Crippen LogP contribution in [0.15, 0.2) is 70.9 Å². The molecule has 5 rings (SSSR count). The first-order valence-corrected chi connectivity index (χ1v) is 14.0. The van der Waals surface area contributed by atoms with E-state index >= 15 is 0 Å². The molecule has 2 aliphatic heterocycles. The monoisotopic (exact) mass is 509 g/mol. The number of thiophene rings is 1. The van der Waals surface area contributed by atoms with Crippen LogP contribution in [0.3, 0.4) is 0 Å².